The second kappa shape index (κ2) is 6.40. The standard InChI is InChI=1S/C14H21N3O/c1-2-3-10-17-13-8-5-4-7-12(13)16-14(17)15-9-6-11-18/h4-5,7-8,18H,2-3,6,9-11H2,1H3,(H,15,16). The molecule has 1 heterocycles. The third kappa shape index (κ3) is 2.82. The van der Waals surface area contributed by atoms with Crippen molar-refractivity contribution in [1.82, 2.24) is 9.55 Å². The molecule has 1 aromatic carbocycles. The monoisotopic (exact) mass is 247 g/mol. The Labute approximate surface area is 108 Å². The van der Waals surface area contributed by atoms with Crippen LogP contribution in [-0.2, 0) is 6.54 Å². The van der Waals surface area contributed by atoms with Gasteiger partial charge in [0.2, 0.25) is 5.95 Å². The highest BCUT2D eigenvalue weighted by molar-refractivity contribution is 5.78. The Morgan fingerprint density at radius 2 is 2.11 bits per heavy atom. The maximum Gasteiger partial charge on any atom is 0.203 e. The molecule has 0 unspecified atom stereocenters. The Balaban J connectivity index is 2.25. The number of hydrogen-bond acceptors (Lipinski definition) is 3. The van der Waals surface area contributed by atoms with E-state index in [1.54, 1.807) is 0 Å². The number of unbranched alkanes of at least 4 members (excludes halogenated alkanes) is 1. The number of aryl methyl sites for hydroxylation is 1. The fourth-order valence-electron chi connectivity index (χ4n) is 2.03. The van der Waals surface area contributed by atoms with Gasteiger partial charge in [-0.3, -0.25) is 0 Å². The lowest BCUT2D eigenvalue weighted by Gasteiger charge is -2.09. The number of para-hydroxylation sites is 2. The quantitative estimate of drug-likeness (QED) is 0.739. The van der Waals surface area contributed by atoms with Crippen LogP contribution in [0.5, 0.6) is 0 Å². The van der Waals surface area contributed by atoms with E-state index in [0.717, 1.165) is 37.4 Å². The predicted octanol–water partition coefficient (Wildman–Crippen LogP) is 2.63. The van der Waals surface area contributed by atoms with Gasteiger partial charge in [-0.05, 0) is 25.0 Å². The highest BCUT2D eigenvalue weighted by atomic mass is 16.3. The van der Waals surface area contributed by atoms with Gasteiger partial charge in [0.1, 0.15) is 0 Å². The minimum Gasteiger partial charge on any atom is -0.396 e. The van der Waals surface area contributed by atoms with E-state index >= 15 is 0 Å². The van der Waals surface area contributed by atoms with Crippen LogP contribution in [0.15, 0.2) is 24.3 Å². The van der Waals surface area contributed by atoms with Gasteiger partial charge in [0.05, 0.1) is 11.0 Å². The van der Waals surface area contributed by atoms with Crippen molar-refractivity contribution in [2.45, 2.75) is 32.7 Å². The van der Waals surface area contributed by atoms with Crippen LogP contribution >= 0.6 is 0 Å². The first kappa shape index (κ1) is 12.9. The molecule has 0 aliphatic carbocycles. The first-order valence-corrected chi connectivity index (χ1v) is 6.66. The van der Waals surface area contributed by atoms with Gasteiger partial charge in [-0.2, -0.15) is 0 Å². The van der Waals surface area contributed by atoms with Crippen LogP contribution in [0.3, 0.4) is 0 Å². The molecule has 18 heavy (non-hydrogen) atoms. The fourth-order valence-corrected chi connectivity index (χ4v) is 2.03. The molecule has 4 nitrogen and oxygen atoms in total. The SMILES string of the molecule is CCCCn1c(NCCCO)nc2ccccc21. The van der Waals surface area contributed by atoms with Crippen molar-refractivity contribution in [2.75, 3.05) is 18.5 Å². The summed E-state index contributed by atoms with van der Waals surface area (Å²) in [6.45, 7) is 4.14. The number of aliphatic hydroxyl groups excluding tert-OH is 1. The maximum atomic E-state index is 8.83. The number of fused-ring (bicyclic) bond motifs is 1. The number of anilines is 1. The summed E-state index contributed by atoms with van der Waals surface area (Å²) < 4.78 is 2.23. The van der Waals surface area contributed by atoms with Crippen LogP contribution in [0.4, 0.5) is 5.95 Å². The summed E-state index contributed by atoms with van der Waals surface area (Å²) in [5.74, 6) is 0.915. The summed E-state index contributed by atoms with van der Waals surface area (Å²) >= 11 is 0. The van der Waals surface area contributed by atoms with E-state index < -0.39 is 0 Å². The second-order valence-electron chi connectivity index (χ2n) is 4.43. The van der Waals surface area contributed by atoms with Gasteiger partial charge in [-0.1, -0.05) is 25.5 Å². The highest BCUT2D eigenvalue weighted by Crippen LogP contribution is 2.20. The molecule has 98 valence electrons. The van der Waals surface area contributed by atoms with Crippen molar-refractivity contribution >= 4 is 17.0 Å². The van der Waals surface area contributed by atoms with Crippen molar-refractivity contribution in [3.63, 3.8) is 0 Å². The molecule has 0 spiro atoms. The van der Waals surface area contributed by atoms with E-state index in [0.29, 0.717) is 0 Å². The molecule has 2 rings (SSSR count). The largest absolute Gasteiger partial charge is 0.396 e. The Hall–Kier alpha value is -1.55. The zero-order valence-electron chi connectivity index (χ0n) is 10.9. The molecule has 0 atom stereocenters. The summed E-state index contributed by atoms with van der Waals surface area (Å²) in [7, 11) is 0. The molecular weight excluding hydrogens is 226 g/mol. The molecule has 0 bridgehead atoms. The summed E-state index contributed by atoms with van der Waals surface area (Å²) in [4.78, 5) is 4.61. The molecule has 0 saturated heterocycles. The van der Waals surface area contributed by atoms with Crippen LogP contribution in [0.25, 0.3) is 11.0 Å². The Bertz CT molecular complexity index is 493. The molecule has 0 radical (unpaired) electrons. The Morgan fingerprint density at radius 1 is 1.28 bits per heavy atom. The van der Waals surface area contributed by atoms with E-state index in [1.165, 1.54) is 11.9 Å². The average molecular weight is 247 g/mol. The first-order valence-electron chi connectivity index (χ1n) is 6.66. The number of nitrogens with one attached hydrogen (secondary N) is 1. The number of benzene rings is 1. The second-order valence-corrected chi connectivity index (χ2v) is 4.43. The third-order valence-corrected chi connectivity index (χ3v) is 3.01. The minimum atomic E-state index is 0.211. The van der Waals surface area contributed by atoms with Gasteiger partial charge in [0.25, 0.3) is 0 Å². The lowest BCUT2D eigenvalue weighted by Crippen LogP contribution is -2.10. The van der Waals surface area contributed by atoms with E-state index in [4.69, 9.17) is 5.11 Å². The van der Waals surface area contributed by atoms with Crippen LogP contribution in [0.1, 0.15) is 26.2 Å². The molecule has 2 aromatic rings. The molecule has 0 saturated carbocycles. The van der Waals surface area contributed by atoms with Crippen molar-refractivity contribution in [3.8, 4) is 0 Å². The molecule has 0 aliphatic rings. The summed E-state index contributed by atoms with van der Waals surface area (Å²) in [6.07, 6.45) is 3.06. The zero-order chi connectivity index (χ0) is 12.8. The van der Waals surface area contributed by atoms with Gasteiger partial charge in [0, 0.05) is 19.7 Å². The number of rotatable bonds is 7. The van der Waals surface area contributed by atoms with E-state index in [2.05, 4.69) is 27.9 Å². The number of nitrogens with zero attached hydrogens (tertiary/aromatic N) is 2. The van der Waals surface area contributed by atoms with Gasteiger partial charge in [-0.15, -0.1) is 0 Å². The molecule has 0 aliphatic heterocycles. The van der Waals surface area contributed by atoms with Crippen molar-refractivity contribution in [3.05, 3.63) is 24.3 Å². The first-order chi connectivity index (χ1) is 8.86. The number of hydrogen-bond donors (Lipinski definition) is 2. The van der Waals surface area contributed by atoms with Crippen LogP contribution < -0.4 is 5.32 Å². The average Bonchev–Trinajstić information content (AvgIpc) is 2.74. The Morgan fingerprint density at radius 3 is 2.89 bits per heavy atom. The molecule has 0 fully saturated rings. The van der Waals surface area contributed by atoms with Crippen molar-refractivity contribution < 1.29 is 5.11 Å². The molecule has 1 aromatic heterocycles. The van der Waals surface area contributed by atoms with E-state index in [9.17, 15) is 0 Å². The lowest BCUT2D eigenvalue weighted by molar-refractivity contribution is 0.292. The summed E-state index contributed by atoms with van der Waals surface area (Å²) in [5, 5.41) is 12.1. The van der Waals surface area contributed by atoms with Crippen molar-refractivity contribution in [1.29, 1.82) is 0 Å². The molecule has 4 heteroatoms. The van der Waals surface area contributed by atoms with Crippen molar-refractivity contribution in [2.24, 2.45) is 0 Å². The normalized spacial score (nSPS) is 11.0. The van der Waals surface area contributed by atoms with Crippen LogP contribution in [0.2, 0.25) is 0 Å². The molecule has 0 amide bonds. The zero-order valence-corrected chi connectivity index (χ0v) is 10.9. The topological polar surface area (TPSA) is 50.1 Å². The summed E-state index contributed by atoms with van der Waals surface area (Å²) in [6, 6.07) is 8.20. The predicted molar refractivity (Wildman–Crippen MR) is 74.8 cm³/mol. The molecule has 2 N–H and O–H groups in total. The lowest BCUT2D eigenvalue weighted by atomic mass is 10.3. The number of aliphatic hydroxyl groups is 1. The van der Waals surface area contributed by atoms with Gasteiger partial charge in [-0.25, -0.2) is 4.98 Å². The van der Waals surface area contributed by atoms with Crippen LogP contribution in [0, 0.1) is 0 Å². The maximum absolute atomic E-state index is 8.83. The summed E-state index contributed by atoms with van der Waals surface area (Å²) in [5.41, 5.74) is 2.21. The number of imidazole rings is 1. The highest BCUT2D eigenvalue weighted by Gasteiger charge is 2.08. The van der Waals surface area contributed by atoms with E-state index in [1.807, 2.05) is 18.2 Å². The Kier molecular flexibility index (Phi) is 4.59. The molecular formula is C14H21N3O. The minimum absolute atomic E-state index is 0.211. The smallest absolute Gasteiger partial charge is 0.203 e. The van der Waals surface area contributed by atoms with E-state index in [-0.39, 0.29) is 6.61 Å². The van der Waals surface area contributed by atoms with Gasteiger partial charge in [0.15, 0.2) is 0 Å². The van der Waals surface area contributed by atoms with Crippen LogP contribution in [-0.4, -0.2) is 27.8 Å². The van der Waals surface area contributed by atoms with Gasteiger partial charge >= 0.3 is 0 Å². The third-order valence-electron chi connectivity index (χ3n) is 3.01. The fraction of sp³-hybridized carbons (Fsp3) is 0.500. The number of aromatic nitrogens is 2. The van der Waals surface area contributed by atoms with Gasteiger partial charge < -0.3 is 15.0 Å².